The van der Waals surface area contributed by atoms with Crippen molar-refractivity contribution in [2.75, 3.05) is 26.7 Å². The fraction of sp³-hybridized carbons (Fsp3) is 0.562. The number of rotatable bonds is 4. The number of nitrogens with zero attached hydrogens (tertiary/aromatic N) is 1. The summed E-state index contributed by atoms with van der Waals surface area (Å²) in [5, 5.41) is 0. The van der Waals surface area contributed by atoms with E-state index in [-0.39, 0.29) is 5.78 Å². The fourth-order valence-electron chi connectivity index (χ4n) is 2.81. The number of hydrogen-bond acceptors (Lipinski definition) is 3. The molecule has 2 rings (SSSR count). The van der Waals surface area contributed by atoms with Crippen molar-refractivity contribution in [3.8, 4) is 0 Å². The van der Waals surface area contributed by atoms with Crippen molar-refractivity contribution in [2.24, 2.45) is 5.73 Å². The zero-order valence-electron chi connectivity index (χ0n) is 11.8. The van der Waals surface area contributed by atoms with E-state index >= 15 is 0 Å². The summed E-state index contributed by atoms with van der Waals surface area (Å²) in [7, 11) is 2.18. The highest BCUT2D eigenvalue weighted by molar-refractivity contribution is 5.96. The van der Waals surface area contributed by atoms with Gasteiger partial charge in [-0.3, -0.25) is 4.79 Å². The van der Waals surface area contributed by atoms with Crippen LogP contribution in [-0.4, -0.2) is 37.4 Å². The maximum atomic E-state index is 11.9. The Bertz CT molecular complexity index is 431. The number of hydrogen-bond donors (Lipinski definition) is 1. The normalized spacial score (nSPS) is 21.1. The Labute approximate surface area is 115 Å². The van der Waals surface area contributed by atoms with Crippen LogP contribution in [0.2, 0.25) is 0 Å². The fourth-order valence-corrected chi connectivity index (χ4v) is 2.81. The molecule has 1 aliphatic heterocycles. The minimum Gasteiger partial charge on any atom is -0.330 e. The van der Waals surface area contributed by atoms with Gasteiger partial charge in [-0.1, -0.05) is 18.2 Å². The van der Waals surface area contributed by atoms with E-state index < -0.39 is 0 Å². The van der Waals surface area contributed by atoms with Crippen molar-refractivity contribution >= 4 is 5.78 Å². The van der Waals surface area contributed by atoms with Crippen LogP contribution in [0, 0.1) is 0 Å². The highest BCUT2D eigenvalue weighted by atomic mass is 16.1. The molecule has 2 N–H and O–H groups in total. The maximum Gasteiger partial charge on any atom is 0.164 e. The summed E-state index contributed by atoms with van der Waals surface area (Å²) >= 11 is 0. The van der Waals surface area contributed by atoms with E-state index in [1.54, 1.807) is 0 Å². The first kappa shape index (κ1) is 14.2. The van der Waals surface area contributed by atoms with Crippen LogP contribution in [0.3, 0.4) is 0 Å². The molecular weight excluding hydrogens is 236 g/mol. The van der Waals surface area contributed by atoms with Crippen LogP contribution >= 0.6 is 0 Å². The molecule has 0 amide bonds. The van der Waals surface area contributed by atoms with E-state index in [1.807, 2.05) is 12.1 Å². The Balaban J connectivity index is 2.11. The van der Waals surface area contributed by atoms with Crippen LogP contribution in [0.1, 0.15) is 47.5 Å². The quantitative estimate of drug-likeness (QED) is 0.846. The van der Waals surface area contributed by atoms with Crippen molar-refractivity contribution in [3.63, 3.8) is 0 Å². The van der Waals surface area contributed by atoms with E-state index in [9.17, 15) is 4.79 Å². The largest absolute Gasteiger partial charge is 0.330 e. The number of benzene rings is 1. The van der Waals surface area contributed by atoms with Gasteiger partial charge in [0.1, 0.15) is 0 Å². The summed E-state index contributed by atoms with van der Waals surface area (Å²) in [5.74, 6) is 0.755. The molecule has 3 heteroatoms. The van der Waals surface area contributed by atoms with Gasteiger partial charge in [0.15, 0.2) is 5.78 Å². The third kappa shape index (κ3) is 3.88. The number of carbonyl (C=O) groups is 1. The van der Waals surface area contributed by atoms with Gasteiger partial charge in [0.2, 0.25) is 0 Å². The van der Waals surface area contributed by atoms with Gasteiger partial charge in [0.05, 0.1) is 0 Å². The molecule has 104 valence electrons. The smallest absolute Gasteiger partial charge is 0.164 e. The van der Waals surface area contributed by atoms with Gasteiger partial charge in [-0.2, -0.15) is 0 Å². The summed E-state index contributed by atoms with van der Waals surface area (Å²) in [6, 6.07) is 8.15. The minimum atomic E-state index is 0.162. The molecule has 19 heavy (non-hydrogen) atoms. The lowest BCUT2D eigenvalue weighted by Crippen LogP contribution is -2.18. The Hall–Kier alpha value is -1.19. The van der Waals surface area contributed by atoms with Crippen molar-refractivity contribution in [3.05, 3.63) is 35.4 Å². The summed E-state index contributed by atoms with van der Waals surface area (Å²) in [6.45, 7) is 2.76. The lowest BCUT2D eigenvalue weighted by Gasteiger charge is -2.16. The van der Waals surface area contributed by atoms with Gasteiger partial charge >= 0.3 is 0 Å². The molecule has 1 heterocycles. The molecule has 0 spiro atoms. The van der Waals surface area contributed by atoms with Gasteiger partial charge < -0.3 is 10.6 Å². The van der Waals surface area contributed by atoms with Crippen molar-refractivity contribution < 1.29 is 4.79 Å². The molecule has 1 fully saturated rings. The SMILES string of the molecule is CN1CCCC(c2cccc(C(=O)CCN)c2)CC1. The summed E-state index contributed by atoms with van der Waals surface area (Å²) in [4.78, 5) is 14.3. The zero-order chi connectivity index (χ0) is 13.7. The van der Waals surface area contributed by atoms with E-state index in [1.165, 1.54) is 31.4 Å². The first-order valence-corrected chi connectivity index (χ1v) is 7.22. The molecule has 0 aromatic heterocycles. The third-order valence-electron chi connectivity index (χ3n) is 4.00. The Morgan fingerprint density at radius 3 is 3.00 bits per heavy atom. The minimum absolute atomic E-state index is 0.162. The van der Waals surface area contributed by atoms with Crippen LogP contribution in [0.4, 0.5) is 0 Å². The zero-order valence-corrected chi connectivity index (χ0v) is 11.8. The van der Waals surface area contributed by atoms with Crippen LogP contribution in [0.25, 0.3) is 0 Å². The van der Waals surface area contributed by atoms with Crippen LogP contribution in [0.15, 0.2) is 24.3 Å². The molecule has 1 atom stereocenters. The van der Waals surface area contributed by atoms with Gasteiger partial charge in [0.25, 0.3) is 0 Å². The van der Waals surface area contributed by atoms with Gasteiger partial charge in [-0.25, -0.2) is 0 Å². The van der Waals surface area contributed by atoms with Gasteiger partial charge in [-0.05, 0) is 63.5 Å². The van der Waals surface area contributed by atoms with Crippen LogP contribution < -0.4 is 5.73 Å². The lowest BCUT2D eigenvalue weighted by atomic mass is 9.90. The number of nitrogens with two attached hydrogens (primary N) is 1. The second kappa shape index (κ2) is 6.83. The number of ketones is 1. The van der Waals surface area contributed by atoms with E-state index in [0.29, 0.717) is 18.9 Å². The second-order valence-electron chi connectivity index (χ2n) is 5.52. The molecule has 1 aromatic carbocycles. The topological polar surface area (TPSA) is 46.3 Å². The third-order valence-corrected chi connectivity index (χ3v) is 4.00. The number of carbonyl (C=O) groups excluding carboxylic acids is 1. The number of likely N-dealkylation sites (tertiary alicyclic amines) is 1. The molecule has 1 unspecified atom stereocenters. The predicted octanol–water partition coefficient (Wildman–Crippen LogP) is 2.42. The summed E-state index contributed by atoms with van der Waals surface area (Å²) in [6.07, 6.45) is 4.09. The Kier molecular flexibility index (Phi) is 5.11. The first-order chi connectivity index (χ1) is 9.20. The van der Waals surface area contributed by atoms with Gasteiger partial charge in [0, 0.05) is 12.0 Å². The standard InChI is InChI=1S/C16H24N2O/c1-18-10-3-6-13(8-11-18)14-4-2-5-15(12-14)16(19)7-9-17/h2,4-5,12-13H,3,6-11,17H2,1H3. The lowest BCUT2D eigenvalue weighted by molar-refractivity contribution is 0.0985. The van der Waals surface area contributed by atoms with Crippen LogP contribution in [0.5, 0.6) is 0 Å². The predicted molar refractivity (Wildman–Crippen MR) is 78.5 cm³/mol. The maximum absolute atomic E-state index is 11.9. The molecular formula is C16H24N2O. The molecule has 1 saturated heterocycles. The summed E-state index contributed by atoms with van der Waals surface area (Å²) in [5.41, 5.74) is 7.59. The average Bonchev–Trinajstić information content (AvgIpc) is 2.64. The van der Waals surface area contributed by atoms with Crippen molar-refractivity contribution in [1.29, 1.82) is 0 Å². The molecule has 0 saturated carbocycles. The van der Waals surface area contributed by atoms with E-state index in [0.717, 1.165) is 12.1 Å². The molecule has 1 aromatic rings. The van der Waals surface area contributed by atoms with Gasteiger partial charge in [-0.15, -0.1) is 0 Å². The average molecular weight is 260 g/mol. The summed E-state index contributed by atoms with van der Waals surface area (Å²) < 4.78 is 0. The van der Waals surface area contributed by atoms with Crippen molar-refractivity contribution in [1.82, 2.24) is 4.90 Å². The van der Waals surface area contributed by atoms with Crippen molar-refractivity contribution in [2.45, 2.75) is 31.6 Å². The Morgan fingerprint density at radius 2 is 2.21 bits per heavy atom. The molecule has 0 aliphatic carbocycles. The van der Waals surface area contributed by atoms with Crippen LogP contribution in [-0.2, 0) is 0 Å². The molecule has 1 aliphatic rings. The first-order valence-electron chi connectivity index (χ1n) is 7.22. The molecule has 3 nitrogen and oxygen atoms in total. The second-order valence-corrected chi connectivity index (χ2v) is 5.52. The van der Waals surface area contributed by atoms with E-state index in [4.69, 9.17) is 5.73 Å². The highest BCUT2D eigenvalue weighted by Crippen LogP contribution is 2.28. The monoisotopic (exact) mass is 260 g/mol. The molecule has 0 radical (unpaired) electrons. The Morgan fingerprint density at radius 1 is 1.37 bits per heavy atom. The highest BCUT2D eigenvalue weighted by Gasteiger charge is 2.17. The van der Waals surface area contributed by atoms with E-state index in [2.05, 4.69) is 24.1 Å². The molecule has 0 bridgehead atoms. The number of Topliss-reactive ketones (excluding diaryl/α,β-unsaturated/α-hetero) is 1.